The zero-order valence-corrected chi connectivity index (χ0v) is 9.04. The molecule has 15 heavy (non-hydrogen) atoms. The number of phenolic OH excluding ortho intramolecular Hbond substituents is 1. The maximum Gasteiger partial charge on any atom is 0.162 e. The van der Waals surface area contributed by atoms with E-state index < -0.39 is 0 Å². The molecule has 0 spiro atoms. The molecule has 0 radical (unpaired) electrons. The van der Waals surface area contributed by atoms with Gasteiger partial charge in [0, 0.05) is 11.5 Å². The number of aryl methyl sites for hydroxylation is 1. The van der Waals surface area contributed by atoms with Crippen LogP contribution in [-0.2, 0) is 0 Å². The Bertz CT molecular complexity index is 528. The summed E-state index contributed by atoms with van der Waals surface area (Å²) >= 11 is 5.93. The average Bonchev–Trinajstić information content (AvgIpc) is 2.18. The van der Waals surface area contributed by atoms with Gasteiger partial charge in [-0.15, -0.1) is 0 Å². The number of ether oxygens (including phenoxy) is 1. The predicted molar refractivity (Wildman–Crippen MR) is 57.5 cm³/mol. The van der Waals surface area contributed by atoms with Crippen molar-refractivity contribution in [2.75, 3.05) is 7.11 Å². The molecule has 1 aromatic carbocycles. The maximum atomic E-state index is 9.56. The smallest absolute Gasteiger partial charge is 0.162 e. The van der Waals surface area contributed by atoms with Crippen LogP contribution >= 0.6 is 11.6 Å². The summed E-state index contributed by atoms with van der Waals surface area (Å²) in [6.07, 6.45) is 0. The molecule has 0 unspecified atom stereocenters. The van der Waals surface area contributed by atoms with E-state index in [0.29, 0.717) is 27.6 Å². The van der Waals surface area contributed by atoms with Crippen molar-refractivity contribution in [3.63, 3.8) is 0 Å². The lowest BCUT2D eigenvalue weighted by molar-refractivity contribution is 0.374. The van der Waals surface area contributed by atoms with Crippen LogP contribution in [0.4, 0.5) is 0 Å². The molecule has 2 rings (SSSR count). The maximum absolute atomic E-state index is 9.56. The minimum atomic E-state index is 0.0272. The van der Waals surface area contributed by atoms with Crippen LogP contribution in [0.3, 0.4) is 0 Å². The molecule has 0 saturated carbocycles. The molecule has 0 atom stereocenters. The summed E-state index contributed by atoms with van der Waals surface area (Å²) in [5.74, 6) is 0.983. The average molecular weight is 225 g/mol. The van der Waals surface area contributed by atoms with E-state index in [0.717, 1.165) is 0 Å². The van der Waals surface area contributed by atoms with Crippen molar-refractivity contribution in [3.8, 4) is 11.5 Å². The number of rotatable bonds is 1. The molecular formula is C10H9ClN2O2. The van der Waals surface area contributed by atoms with Crippen molar-refractivity contribution in [3.05, 3.63) is 23.1 Å². The lowest BCUT2D eigenvalue weighted by Gasteiger charge is -2.06. The van der Waals surface area contributed by atoms with Crippen LogP contribution in [-0.4, -0.2) is 22.2 Å². The van der Waals surface area contributed by atoms with Gasteiger partial charge in [0.2, 0.25) is 0 Å². The fourth-order valence-corrected chi connectivity index (χ4v) is 1.65. The standard InChI is InChI=1S/C10H9ClN2O2/c1-5-12-7-4-9(15-2)8(14)3-6(7)10(11)13-5/h3-4,14H,1-2H3. The molecule has 0 bridgehead atoms. The highest BCUT2D eigenvalue weighted by Crippen LogP contribution is 2.32. The number of phenols is 1. The van der Waals surface area contributed by atoms with Gasteiger partial charge in [-0.3, -0.25) is 0 Å². The number of aromatic nitrogens is 2. The van der Waals surface area contributed by atoms with Crippen molar-refractivity contribution in [1.29, 1.82) is 0 Å². The van der Waals surface area contributed by atoms with Crippen molar-refractivity contribution in [2.45, 2.75) is 6.92 Å². The van der Waals surface area contributed by atoms with Gasteiger partial charge in [-0.1, -0.05) is 11.6 Å². The number of nitrogens with zero attached hydrogens (tertiary/aromatic N) is 2. The lowest BCUT2D eigenvalue weighted by atomic mass is 10.2. The minimum Gasteiger partial charge on any atom is -0.504 e. The Hall–Kier alpha value is -1.55. The first-order valence-corrected chi connectivity index (χ1v) is 4.70. The molecule has 78 valence electrons. The minimum absolute atomic E-state index is 0.0272. The molecule has 0 aliphatic heterocycles. The van der Waals surface area contributed by atoms with E-state index in [1.165, 1.54) is 13.2 Å². The van der Waals surface area contributed by atoms with Gasteiger partial charge in [0.15, 0.2) is 11.5 Å². The van der Waals surface area contributed by atoms with Gasteiger partial charge < -0.3 is 9.84 Å². The van der Waals surface area contributed by atoms with Gasteiger partial charge in [0.25, 0.3) is 0 Å². The highest BCUT2D eigenvalue weighted by atomic mass is 35.5. The predicted octanol–water partition coefficient (Wildman–Crippen LogP) is 2.31. The second kappa shape index (κ2) is 3.55. The molecule has 0 fully saturated rings. The molecule has 1 aromatic heterocycles. The molecule has 0 aliphatic carbocycles. The second-order valence-corrected chi connectivity index (χ2v) is 3.46. The first-order valence-electron chi connectivity index (χ1n) is 4.32. The number of hydrogen-bond acceptors (Lipinski definition) is 4. The number of methoxy groups -OCH3 is 1. The Morgan fingerprint density at radius 2 is 2.07 bits per heavy atom. The summed E-state index contributed by atoms with van der Waals surface area (Å²) in [5.41, 5.74) is 0.655. The Morgan fingerprint density at radius 1 is 1.33 bits per heavy atom. The van der Waals surface area contributed by atoms with E-state index in [4.69, 9.17) is 16.3 Å². The summed E-state index contributed by atoms with van der Waals surface area (Å²) in [6, 6.07) is 3.13. The fraction of sp³-hybridized carbons (Fsp3) is 0.200. The number of fused-ring (bicyclic) bond motifs is 1. The summed E-state index contributed by atoms with van der Waals surface area (Å²) in [7, 11) is 1.48. The van der Waals surface area contributed by atoms with Crippen molar-refractivity contribution < 1.29 is 9.84 Å². The van der Waals surface area contributed by atoms with E-state index in [1.54, 1.807) is 13.0 Å². The van der Waals surface area contributed by atoms with Crippen molar-refractivity contribution in [2.24, 2.45) is 0 Å². The van der Waals surface area contributed by atoms with Gasteiger partial charge in [-0.25, -0.2) is 9.97 Å². The van der Waals surface area contributed by atoms with Crippen molar-refractivity contribution in [1.82, 2.24) is 9.97 Å². The quantitative estimate of drug-likeness (QED) is 0.756. The number of hydrogen-bond donors (Lipinski definition) is 1. The zero-order valence-electron chi connectivity index (χ0n) is 8.28. The first-order chi connectivity index (χ1) is 7.11. The topological polar surface area (TPSA) is 55.2 Å². The molecule has 4 nitrogen and oxygen atoms in total. The molecule has 5 heteroatoms. The third-order valence-electron chi connectivity index (χ3n) is 2.06. The Kier molecular flexibility index (Phi) is 2.36. The van der Waals surface area contributed by atoms with Gasteiger partial charge in [-0.05, 0) is 13.0 Å². The van der Waals surface area contributed by atoms with Crippen LogP contribution in [0.2, 0.25) is 5.15 Å². The molecule has 0 saturated heterocycles. The van der Waals surface area contributed by atoms with Crippen LogP contribution in [0, 0.1) is 6.92 Å². The highest BCUT2D eigenvalue weighted by Gasteiger charge is 2.09. The van der Waals surface area contributed by atoms with Gasteiger partial charge in [0.05, 0.1) is 12.6 Å². The van der Waals surface area contributed by atoms with Crippen LogP contribution in [0.1, 0.15) is 5.82 Å². The fourth-order valence-electron chi connectivity index (χ4n) is 1.38. The molecular weight excluding hydrogens is 216 g/mol. The van der Waals surface area contributed by atoms with Crippen LogP contribution < -0.4 is 4.74 Å². The SMILES string of the molecule is COc1cc2nc(C)nc(Cl)c2cc1O. The van der Waals surface area contributed by atoms with E-state index in [2.05, 4.69) is 9.97 Å². The summed E-state index contributed by atoms with van der Waals surface area (Å²) in [5, 5.41) is 10.5. The van der Waals surface area contributed by atoms with Crippen LogP contribution in [0.15, 0.2) is 12.1 Å². The molecule has 1 heterocycles. The summed E-state index contributed by atoms with van der Waals surface area (Å²) in [6.45, 7) is 1.75. The number of halogens is 1. The summed E-state index contributed by atoms with van der Waals surface area (Å²) in [4.78, 5) is 8.20. The lowest BCUT2D eigenvalue weighted by Crippen LogP contribution is -1.92. The van der Waals surface area contributed by atoms with Crippen molar-refractivity contribution >= 4 is 22.5 Å². The number of aromatic hydroxyl groups is 1. The summed E-state index contributed by atoms with van der Waals surface area (Å²) < 4.78 is 4.98. The molecule has 0 amide bonds. The normalized spacial score (nSPS) is 10.6. The Labute approximate surface area is 91.5 Å². The van der Waals surface area contributed by atoms with Gasteiger partial charge >= 0.3 is 0 Å². The second-order valence-electron chi connectivity index (χ2n) is 3.10. The Morgan fingerprint density at radius 3 is 2.73 bits per heavy atom. The molecule has 1 N–H and O–H groups in total. The largest absolute Gasteiger partial charge is 0.504 e. The Balaban J connectivity index is 2.81. The third-order valence-corrected chi connectivity index (χ3v) is 2.35. The monoisotopic (exact) mass is 224 g/mol. The van der Waals surface area contributed by atoms with Crippen LogP contribution in [0.25, 0.3) is 10.9 Å². The van der Waals surface area contributed by atoms with Crippen LogP contribution in [0.5, 0.6) is 11.5 Å². The first kappa shape index (κ1) is 9.98. The highest BCUT2D eigenvalue weighted by molar-refractivity contribution is 6.34. The zero-order chi connectivity index (χ0) is 11.0. The number of benzene rings is 1. The molecule has 2 aromatic rings. The van der Waals surface area contributed by atoms with E-state index in [1.807, 2.05) is 0 Å². The molecule has 0 aliphatic rings. The van der Waals surface area contributed by atoms with Gasteiger partial charge in [0.1, 0.15) is 11.0 Å². The van der Waals surface area contributed by atoms with Gasteiger partial charge in [-0.2, -0.15) is 0 Å². The van der Waals surface area contributed by atoms with E-state index in [-0.39, 0.29) is 5.75 Å². The third kappa shape index (κ3) is 1.68. The van der Waals surface area contributed by atoms with E-state index in [9.17, 15) is 5.11 Å². The van der Waals surface area contributed by atoms with E-state index >= 15 is 0 Å².